The zero-order valence-electron chi connectivity index (χ0n) is 15.8. The van der Waals surface area contributed by atoms with Crippen molar-refractivity contribution in [3.8, 4) is 0 Å². The Bertz CT molecular complexity index is 1220. The van der Waals surface area contributed by atoms with Gasteiger partial charge in [0.2, 0.25) is 10.0 Å². The zero-order valence-corrected chi connectivity index (χ0v) is 19.8. The van der Waals surface area contributed by atoms with E-state index in [-0.39, 0.29) is 30.4 Å². The summed E-state index contributed by atoms with van der Waals surface area (Å²) >= 11 is 10.9. The van der Waals surface area contributed by atoms with E-state index < -0.39 is 10.0 Å². The van der Waals surface area contributed by atoms with Gasteiger partial charge in [-0.1, -0.05) is 39.7 Å². The van der Waals surface area contributed by atoms with Gasteiger partial charge >= 0.3 is 0 Å². The Morgan fingerprint density at radius 1 is 1.10 bits per heavy atom. The number of amides is 1. The highest BCUT2D eigenvalue weighted by Gasteiger charge is 2.31. The molecule has 2 N–H and O–H groups in total. The fourth-order valence-electron chi connectivity index (χ4n) is 3.44. The van der Waals surface area contributed by atoms with Gasteiger partial charge in [-0.15, -0.1) is 11.3 Å². The van der Waals surface area contributed by atoms with Gasteiger partial charge in [-0.05, 0) is 46.0 Å². The smallest absolute Gasteiger partial charge is 0.265 e. The molecule has 1 fully saturated rings. The third-order valence-corrected chi connectivity index (χ3v) is 9.10. The Morgan fingerprint density at radius 3 is 2.43 bits per heavy atom. The molecule has 2 aromatic carbocycles. The molecule has 1 aliphatic rings. The number of hydrogen-bond donors (Lipinski definition) is 1. The van der Waals surface area contributed by atoms with Gasteiger partial charge in [0.25, 0.3) is 5.91 Å². The van der Waals surface area contributed by atoms with Crippen molar-refractivity contribution in [3.63, 3.8) is 0 Å². The van der Waals surface area contributed by atoms with E-state index in [0.29, 0.717) is 23.0 Å². The molecule has 1 amide bonds. The maximum Gasteiger partial charge on any atom is 0.265 e. The van der Waals surface area contributed by atoms with E-state index in [9.17, 15) is 13.2 Å². The van der Waals surface area contributed by atoms with E-state index in [1.54, 1.807) is 28.5 Å². The maximum atomic E-state index is 13.1. The van der Waals surface area contributed by atoms with Crippen LogP contribution in [-0.4, -0.2) is 49.7 Å². The van der Waals surface area contributed by atoms with Crippen molar-refractivity contribution in [2.75, 3.05) is 26.2 Å². The number of thiophene rings is 1. The number of hydrogen-bond acceptors (Lipinski definition) is 5. The fraction of sp³-hybridized carbons (Fsp3) is 0.250. The summed E-state index contributed by atoms with van der Waals surface area (Å²) in [4.78, 5) is 15.1. The van der Waals surface area contributed by atoms with E-state index in [1.165, 1.54) is 15.6 Å². The van der Waals surface area contributed by atoms with Gasteiger partial charge in [0.15, 0.2) is 0 Å². The third-order valence-electron chi connectivity index (χ3n) is 5.15. The Hall–Kier alpha value is -1.49. The molecule has 6 nitrogen and oxygen atoms in total. The van der Waals surface area contributed by atoms with Gasteiger partial charge in [-0.3, -0.25) is 4.79 Å². The lowest BCUT2D eigenvalue weighted by molar-refractivity contribution is 0.0703. The molecule has 0 bridgehead atoms. The summed E-state index contributed by atoms with van der Waals surface area (Å²) in [7, 11) is -3.64. The summed E-state index contributed by atoms with van der Waals surface area (Å²) in [5.74, 6) is -0.182. The van der Waals surface area contributed by atoms with Gasteiger partial charge in [0, 0.05) is 37.2 Å². The van der Waals surface area contributed by atoms with Crippen LogP contribution in [0.15, 0.2) is 51.1 Å². The van der Waals surface area contributed by atoms with E-state index >= 15 is 0 Å². The van der Waals surface area contributed by atoms with Crippen molar-refractivity contribution in [2.24, 2.45) is 5.73 Å². The highest BCUT2D eigenvalue weighted by atomic mass is 79.9. The summed E-state index contributed by atoms with van der Waals surface area (Å²) in [6.07, 6.45) is 0. The largest absolute Gasteiger partial charge is 0.335 e. The molecule has 2 heterocycles. The van der Waals surface area contributed by atoms with Crippen LogP contribution in [0, 0.1) is 0 Å². The van der Waals surface area contributed by atoms with Crippen LogP contribution in [0.2, 0.25) is 5.02 Å². The fourth-order valence-corrected chi connectivity index (χ4v) is 6.63. The van der Waals surface area contributed by atoms with Crippen molar-refractivity contribution in [1.29, 1.82) is 0 Å². The average Bonchev–Trinajstić information content (AvgIpc) is 3.13. The Labute approximate surface area is 192 Å². The average molecular weight is 529 g/mol. The zero-order chi connectivity index (χ0) is 21.5. The summed E-state index contributed by atoms with van der Waals surface area (Å²) in [5.41, 5.74) is 6.37. The Kier molecular flexibility index (Phi) is 6.20. The van der Waals surface area contributed by atoms with Gasteiger partial charge in [0.05, 0.1) is 9.92 Å². The van der Waals surface area contributed by atoms with Crippen molar-refractivity contribution in [1.82, 2.24) is 9.21 Å². The molecule has 0 saturated carbocycles. The van der Waals surface area contributed by atoms with E-state index in [0.717, 1.165) is 20.8 Å². The molecule has 0 aliphatic carbocycles. The van der Waals surface area contributed by atoms with E-state index in [2.05, 4.69) is 15.9 Å². The molecule has 0 atom stereocenters. The number of sulfonamides is 1. The molecule has 30 heavy (non-hydrogen) atoms. The minimum Gasteiger partial charge on any atom is -0.335 e. The van der Waals surface area contributed by atoms with Gasteiger partial charge in [-0.2, -0.15) is 4.31 Å². The SMILES string of the molecule is NCc1csc(C(=O)N2CCN(S(=O)(=O)c3ccc4cc(Br)ccc4c3)CC2)c1Cl. The first-order chi connectivity index (χ1) is 14.3. The summed E-state index contributed by atoms with van der Waals surface area (Å²) in [5, 5.41) is 4.00. The summed E-state index contributed by atoms with van der Waals surface area (Å²) in [6.45, 7) is 1.37. The molecular weight excluding hydrogens is 510 g/mol. The number of carbonyl (C=O) groups excluding carboxylic acids is 1. The molecular formula is C20H19BrClN3O3S2. The number of piperazine rings is 1. The second-order valence-electron chi connectivity index (χ2n) is 6.96. The van der Waals surface area contributed by atoms with Gasteiger partial charge in [0.1, 0.15) is 4.88 Å². The maximum absolute atomic E-state index is 13.1. The highest BCUT2D eigenvalue weighted by Crippen LogP contribution is 2.30. The second kappa shape index (κ2) is 8.57. The molecule has 4 rings (SSSR count). The third kappa shape index (κ3) is 4.02. The monoisotopic (exact) mass is 527 g/mol. The van der Waals surface area contributed by atoms with Gasteiger partial charge < -0.3 is 10.6 Å². The van der Waals surface area contributed by atoms with Crippen molar-refractivity contribution >= 4 is 65.6 Å². The first-order valence-electron chi connectivity index (χ1n) is 9.26. The molecule has 10 heteroatoms. The first kappa shape index (κ1) is 21.7. The molecule has 1 aliphatic heterocycles. The Balaban J connectivity index is 1.49. The van der Waals surface area contributed by atoms with Crippen LogP contribution in [0.3, 0.4) is 0 Å². The number of nitrogens with two attached hydrogens (primary N) is 1. The number of fused-ring (bicyclic) bond motifs is 1. The highest BCUT2D eigenvalue weighted by molar-refractivity contribution is 9.10. The predicted molar refractivity (Wildman–Crippen MR) is 124 cm³/mol. The lowest BCUT2D eigenvalue weighted by atomic mass is 10.1. The number of carbonyl (C=O) groups is 1. The standard InChI is InChI=1S/C20H19BrClN3O3S2/c21-16-3-1-14-10-17(4-2-13(14)9-16)30(27,28)25-7-5-24(6-8-25)20(26)19-18(22)15(11-23)12-29-19/h1-4,9-10,12H,5-8,11,23H2. The van der Waals surface area contributed by atoms with E-state index in [1.807, 2.05) is 18.2 Å². The Morgan fingerprint density at radius 2 is 1.77 bits per heavy atom. The normalized spacial score (nSPS) is 15.6. The van der Waals surface area contributed by atoms with Crippen molar-refractivity contribution in [3.05, 3.63) is 61.7 Å². The molecule has 1 aromatic heterocycles. The topological polar surface area (TPSA) is 83.7 Å². The molecule has 158 valence electrons. The minimum atomic E-state index is -3.64. The van der Waals surface area contributed by atoms with Crippen LogP contribution >= 0.6 is 38.9 Å². The number of halogens is 2. The van der Waals surface area contributed by atoms with Crippen LogP contribution in [0.4, 0.5) is 0 Å². The second-order valence-corrected chi connectivity index (χ2v) is 11.1. The van der Waals surface area contributed by atoms with Crippen molar-refractivity contribution < 1.29 is 13.2 Å². The molecule has 3 aromatic rings. The van der Waals surface area contributed by atoms with Crippen molar-refractivity contribution in [2.45, 2.75) is 11.4 Å². The molecule has 0 unspecified atom stereocenters. The van der Waals surface area contributed by atoms with Crippen LogP contribution in [0.5, 0.6) is 0 Å². The summed E-state index contributed by atoms with van der Waals surface area (Å²) in [6, 6.07) is 10.8. The molecule has 1 saturated heterocycles. The van der Waals surface area contributed by atoms with Crippen LogP contribution < -0.4 is 5.73 Å². The summed E-state index contributed by atoms with van der Waals surface area (Å²) < 4.78 is 28.6. The number of benzene rings is 2. The quantitative estimate of drug-likeness (QED) is 0.556. The number of nitrogens with zero attached hydrogens (tertiary/aromatic N) is 2. The minimum absolute atomic E-state index is 0.182. The molecule has 0 spiro atoms. The van der Waals surface area contributed by atoms with E-state index in [4.69, 9.17) is 17.3 Å². The van der Waals surface area contributed by atoms with Crippen LogP contribution in [-0.2, 0) is 16.6 Å². The number of rotatable bonds is 4. The van der Waals surface area contributed by atoms with Gasteiger partial charge in [-0.25, -0.2) is 8.42 Å². The van der Waals surface area contributed by atoms with Crippen LogP contribution in [0.25, 0.3) is 10.8 Å². The lowest BCUT2D eigenvalue weighted by Gasteiger charge is -2.34. The lowest BCUT2D eigenvalue weighted by Crippen LogP contribution is -2.50. The molecule has 0 radical (unpaired) electrons. The van der Waals surface area contributed by atoms with Crippen LogP contribution in [0.1, 0.15) is 15.2 Å². The predicted octanol–water partition coefficient (Wildman–Crippen LogP) is 3.92. The first-order valence-corrected chi connectivity index (χ1v) is 12.7.